The molecule has 0 bridgehead atoms. The Labute approximate surface area is 130 Å². The van der Waals surface area contributed by atoms with E-state index in [2.05, 4.69) is 37.4 Å². The smallest absolute Gasteiger partial charge is 0.119 e. The predicted molar refractivity (Wildman–Crippen MR) is 90.0 cm³/mol. The Morgan fingerprint density at radius 2 is 2.05 bits per heavy atom. The third kappa shape index (κ3) is 4.74. The van der Waals surface area contributed by atoms with Gasteiger partial charge in [-0.3, -0.25) is 0 Å². The monoisotopic (exact) mass is 289 g/mol. The van der Waals surface area contributed by atoms with E-state index in [-0.39, 0.29) is 0 Å². The Morgan fingerprint density at radius 1 is 1.29 bits per heavy atom. The van der Waals surface area contributed by atoms with Crippen LogP contribution in [0.2, 0.25) is 0 Å². The summed E-state index contributed by atoms with van der Waals surface area (Å²) in [5, 5.41) is 3.75. The summed E-state index contributed by atoms with van der Waals surface area (Å²) in [7, 11) is 1.74. The quantitative estimate of drug-likeness (QED) is 0.726. The highest BCUT2D eigenvalue weighted by Crippen LogP contribution is 2.32. The third-order valence-electron chi connectivity index (χ3n) is 4.83. The summed E-state index contributed by atoms with van der Waals surface area (Å²) in [6.07, 6.45) is 9.60. The molecule has 1 aliphatic carbocycles. The van der Waals surface area contributed by atoms with Gasteiger partial charge in [0.25, 0.3) is 0 Å². The number of hydrogen-bond acceptors (Lipinski definition) is 2. The number of hydrogen-bond donors (Lipinski definition) is 1. The van der Waals surface area contributed by atoms with Gasteiger partial charge >= 0.3 is 0 Å². The highest BCUT2D eigenvalue weighted by atomic mass is 16.5. The molecule has 0 amide bonds. The Bertz CT molecular complexity index is 424. The van der Waals surface area contributed by atoms with Gasteiger partial charge in [-0.05, 0) is 61.9 Å². The third-order valence-corrected chi connectivity index (χ3v) is 4.83. The number of nitrogens with one attached hydrogen (secondary N) is 1. The van der Waals surface area contributed by atoms with Crippen LogP contribution in [0, 0.1) is 12.8 Å². The van der Waals surface area contributed by atoms with Crippen LogP contribution in [0.5, 0.6) is 5.75 Å². The molecule has 0 radical (unpaired) electrons. The van der Waals surface area contributed by atoms with Gasteiger partial charge in [0, 0.05) is 6.04 Å². The molecular formula is C19H31NO. The van der Waals surface area contributed by atoms with E-state index >= 15 is 0 Å². The number of aryl methyl sites for hydroxylation is 1. The number of benzene rings is 1. The van der Waals surface area contributed by atoms with Crippen molar-refractivity contribution in [2.75, 3.05) is 13.7 Å². The maximum absolute atomic E-state index is 5.33. The van der Waals surface area contributed by atoms with Crippen LogP contribution in [-0.2, 0) is 0 Å². The molecule has 118 valence electrons. The minimum atomic E-state index is 0.497. The zero-order valence-corrected chi connectivity index (χ0v) is 14.0. The summed E-state index contributed by atoms with van der Waals surface area (Å²) in [4.78, 5) is 0. The SMILES string of the molecule is CCCNC(CCC1CCCC1)c1ccc(OC)cc1C. The molecule has 0 heterocycles. The van der Waals surface area contributed by atoms with E-state index in [4.69, 9.17) is 4.74 Å². The number of methoxy groups -OCH3 is 1. The van der Waals surface area contributed by atoms with E-state index in [0.717, 1.165) is 18.2 Å². The maximum Gasteiger partial charge on any atom is 0.119 e. The van der Waals surface area contributed by atoms with Crippen LogP contribution in [0.15, 0.2) is 18.2 Å². The van der Waals surface area contributed by atoms with Crippen LogP contribution in [0.25, 0.3) is 0 Å². The van der Waals surface area contributed by atoms with Crippen molar-refractivity contribution in [3.63, 3.8) is 0 Å². The lowest BCUT2D eigenvalue weighted by Crippen LogP contribution is -2.23. The first-order chi connectivity index (χ1) is 10.2. The Kier molecular flexibility index (Phi) is 6.56. The molecule has 1 aromatic carbocycles. The molecule has 21 heavy (non-hydrogen) atoms. The van der Waals surface area contributed by atoms with Crippen molar-refractivity contribution in [2.24, 2.45) is 5.92 Å². The minimum Gasteiger partial charge on any atom is -0.497 e. The van der Waals surface area contributed by atoms with Gasteiger partial charge in [0.05, 0.1) is 7.11 Å². The molecule has 2 heteroatoms. The molecule has 1 aliphatic rings. The zero-order chi connectivity index (χ0) is 15.1. The van der Waals surface area contributed by atoms with Crippen molar-refractivity contribution in [2.45, 2.75) is 64.8 Å². The molecule has 2 rings (SSSR count). The first kappa shape index (κ1) is 16.4. The van der Waals surface area contributed by atoms with Gasteiger partial charge in [0.2, 0.25) is 0 Å². The molecule has 0 saturated heterocycles. The van der Waals surface area contributed by atoms with E-state index in [0.29, 0.717) is 6.04 Å². The first-order valence-corrected chi connectivity index (χ1v) is 8.62. The minimum absolute atomic E-state index is 0.497. The van der Waals surface area contributed by atoms with Crippen LogP contribution in [0.1, 0.15) is 69.0 Å². The van der Waals surface area contributed by atoms with Gasteiger partial charge in [-0.25, -0.2) is 0 Å². The predicted octanol–water partition coefficient (Wildman–Crippen LogP) is 5.01. The van der Waals surface area contributed by atoms with Crippen molar-refractivity contribution >= 4 is 0 Å². The second-order valence-electron chi connectivity index (χ2n) is 6.46. The largest absolute Gasteiger partial charge is 0.497 e. The lowest BCUT2D eigenvalue weighted by atomic mass is 9.92. The lowest BCUT2D eigenvalue weighted by molar-refractivity contribution is 0.406. The average Bonchev–Trinajstić information content (AvgIpc) is 3.01. The second-order valence-corrected chi connectivity index (χ2v) is 6.46. The van der Waals surface area contributed by atoms with Crippen molar-refractivity contribution in [3.05, 3.63) is 29.3 Å². The van der Waals surface area contributed by atoms with Crippen molar-refractivity contribution in [1.82, 2.24) is 5.32 Å². The standard InChI is InChI=1S/C19H31NO/c1-4-13-20-19(12-9-16-7-5-6-8-16)18-11-10-17(21-3)14-15(18)2/h10-11,14,16,19-20H,4-9,12-13H2,1-3H3. The summed E-state index contributed by atoms with van der Waals surface area (Å²) < 4.78 is 5.33. The summed E-state index contributed by atoms with van der Waals surface area (Å²) in [5.41, 5.74) is 2.79. The first-order valence-electron chi connectivity index (χ1n) is 8.62. The average molecular weight is 289 g/mol. The highest BCUT2D eigenvalue weighted by molar-refractivity contribution is 5.36. The molecule has 1 aromatic rings. The highest BCUT2D eigenvalue weighted by Gasteiger charge is 2.19. The molecular weight excluding hydrogens is 258 g/mol. The van der Waals surface area contributed by atoms with E-state index < -0.39 is 0 Å². The van der Waals surface area contributed by atoms with Crippen molar-refractivity contribution in [3.8, 4) is 5.75 Å². The van der Waals surface area contributed by atoms with Gasteiger partial charge in [-0.15, -0.1) is 0 Å². The summed E-state index contributed by atoms with van der Waals surface area (Å²) in [6.45, 7) is 5.54. The summed E-state index contributed by atoms with van der Waals surface area (Å²) in [6, 6.07) is 7.00. The summed E-state index contributed by atoms with van der Waals surface area (Å²) in [5.74, 6) is 1.93. The van der Waals surface area contributed by atoms with Gasteiger partial charge in [-0.2, -0.15) is 0 Å². The van der Waals surface area contributed by atoms with E-state index in [1.54, 1.807) is 7.11 Å². The van der Waals surface area contributed by atoms with Gasteiger partial charge < -0.3 is 10.1 Å². The zero-order valence-electron chi connectivity index (χ0n) is 14.0. The molecule has 2 nitrogen and oxygen atoms in total. The molecule has 1 saturated carbocycles. The molecule has 1 unspecified atom stereocenters. The molecule has 0 spiro atoms. The van der Waals surface area contributed by atoms with E-state index in [9.17, 15) is 0 Å². The normalized spacial score (nSPS) is 17.1. The number of rotatable bonds is 8. The molecule has 1 fully saturated rings. The fourth-order valence-corrected chi connectivity index (χ4v) is 3.55. The molecule has 1 atom stereocenters. The number of ether oxygens (including phenoxy) is 1. The molecule has 0 aliphatic heterocycles. The Balaban J connectivity index is 2.03. The van der Waals surface area contributed by atoms with E-state index in [1.807, 2.05) is 0 Å². The van der Waals surface area contributed by atoms with Gasteiger partial charge in [0.1, 0.15) is 5.75 Å². The molecule has 0 aromatic heterocycles. The second kappa shape index (κ2) is 8.43. The van der Waals surface area contributed by atoms with Crippen LogP contribution in [-0.4, -0.2) is 13.7 Å². The van der Waals surface area contributed by atoms with Crippen molar-refractivity contribution in [1.29, 1.82) is 0 Å². The maximum atomic E-state index is 5.33. The lowest BCUT2D eigenvalue weighted by Gasteiger charge is -2.23. The van der Waals surface area contributed by atoms with Crippen LogP contribution < -0.4 is 10.1 Å². The summed E-state index contributed by atoms with van der Waals surface area (Å²) >= 11 is 0. The van der Waals surface area contributed by atoms with Crippen LogP contribution in [0.3, 0.4) is 0 Å². The Morgan fingerprint density at radius 3 is 2.67 bits per heavy atom. The van der Waals surface area contributed by atoms with Gasteiger partial charge in [0.15, 0.2) is 0 Å². The fraction of sp³-hybridized carbons (Fsp3) is 0.684. The topological polar surface area (TPSA) is 21.3 Å². The van der Waals surface area contributed by atoms with Crippen LogP contribution in [0.4, 0.5) is 0 Å². The molecule has 1 N–H and O–H groups in total. The Hall–Kier alpha value is -1.02. The van der Waals surface area contributed by atoms with E-state index in [1.165, 1.54) is 56.1 Å². The fourth-order valence-electron chi connectivity index (χ4n) is 3.55. The van der Waals surface area contributed by atoms with Crippen LogP contribution >= 0.6 is 0 Å². The van der Waals surface area contributed by atoms with Gasteiger partial charge in [-0.1, -0.05) is 38.7 Å². The van der Waals surface area contributed by atoms with Crippen molar-refractivity contribution < 1.29 is 4.74 Å².